The number of piperidine rings is 3. The van der Waals surface area contributed by atoms with Crippen LogP contribution in [0.15, 0.2) is 0 Å². The molecule has 3 nitrogen and oxygen atoms in total. The van der Waals surface area contributed by atoms with Crippen LogP contribution in [0.4, 0.5) is 0 Å². The van der Waals surface area contributed by atoms with Crippen molar-refractivity contribution >= 4 is 0 Å². The van der Waals surface area contributed by atoms with Crippen LogP contribution in [0.1, 0.15) is 32.1 Å². The molecular weight excluding hydrogens is 200 g/mol. The lowest BCUT2D eigenvalue weighted by atomic mass is 9.83. The summed E-state index contributed by atoms with van der Waals surface area (Å²) in [5.41, 5.74) is 0. The summed E-state index contributed by atoms with van der Waals surface area (Å²) in [6.07, 6.45) is 6.59. The van der Waals surface area contributed by atoms with Crippen molar-refractivity contribution in [3.8, 4) is 0 Å². The summed E-state index contributed by atoms with van der Waals surface area (Å²) in [5, 5.41) is 3.91. The molecule has 0 radical (unpaired) electrons. The number of nitrogens with zero attached hydrogens (tertiary/aromatic N) is 1. The second-order valence-corrected chi connectivity index (χ2v) is 5.65. The van der Waals surface area contributed by atoms with E-state index in [-0.39, 0.29) is 0 Å². The maximum absolute atomic E-state index is 5.53. The first-order valence-corrected chi connectivity index (χ1v) is 6.98. The molecule has 0 aromatic heterocycles. The van der Waals surface area contributed by atoms with Gasteiger partial charge in [0, 0.05) is 31.8 Å². The number of hydrogen-bond donors (Lipinski definition) is 1. The average molecular weight is 224 g/mol. The Bertz CT molecular complexity index is 218. The third-order valence-electron chi connectivity index (χ3n) is 4.56. The first kappa shape index (κ1) is 11.0. The van der Waals surface area contributed by atoms with Gasteiger partial charge < -0.3 is 15.0 Å². The van der Waals surface area contributed by atoms with E-state index in [1.165, 1.54) is 51.7 Å². The van der Waals surface area contributed by atoms with Crippen molar-refractivity contribution in [1.82, 2.24) is 10.2 Å². The summed E-state index contributed by atoms with van der Waals surface area (Å²) >= 11 is 0. The molecule has 92 valence electrons. The molecule has 0 amide bonds. The minimum atomic E-state index is 0.716. The molecule has 4 fully saturated rings. The van der Waals surface area contributed by atoms with Gasteiger partial charge in [-0.05, 0) is 51.1 Å². The van der Waals surface area contributed by atoms with Crippen molar-refractivity contribution in [2.75, 3.05) is 32.8 Å². The second kappa shape index (κ2) is 5.03. The van der Waals surface area contributed by atoms with Crippen molar-refractivity contribution in [3.63, 3.8) is 0 Å². The fraction of sp³-hybridized carbons (Fsp3) is 1.00. The normalized spacial score (nSPS) is 44.2. The highest BCUT2D eigenvalue weighted by molar-refractivity contribution is 4.92. The van der Waals surface area contributed by atoms with E-state index in [1.54, 1.807) is 0 Å². The van der Waals surface area contributed by atoms with Gasteiger partial charge in [0.1, 0.15) is 0 Å². The van der Waals surface area contributed by atoms with Crippen LogP contribution < -0.4 is 5.32 Å². The Hall–Kier alpha value is -0.120. The Morgan fingerprint density at radius 2 is 1.88 bits per heavy atom. The largest absolute Gasteiger partial charge is 0.381 e. The van der Waals surface area contributed by atoms with Crippen molar-refractivity contribution in [2.24, 2.45) is 5.92 Å². The molecule has 0 saturated carbocycles. The Morgan fingerprint density at radius 1 is 1.00 bits per heavy atom. The fourth-order valence-electron chi connectivity index (χ4n) is 3.53. The molecule has 0 aromatic carbocycles. The molecule has 4 aliphatic heterocycles. The summed E-state index contributed by atoms with van der Waals surface area (Å²) in [7, 11) is 0. The van der Waals surface area contributed by atoms with Gasteiger partial charge in [-0.3, -0.25) is 0 Å². The standard InChI is InChI=1S/C13H24N2O/c1-2-12(5-9-16-8-1)14-13-10-15-6-3-11(13)4-7-15/h11-14H,1-10H2. The minimum Gasteiger partial charge on any atom is -0.381 e. The highest BCUT2D eigenvalue weighted by Crippen LogP contribution is 2.28. The number of rotatable bonds is 2. The number of fused-ring (bicyclic) bond motifs is 3. The van der Waals surface area contributed by atoms with Crippen molar-refractivity contribution in [2.45, 2.75) is 44.2 Å². The Kier molecular flexibility index (Phi) is 3.46. The molecule has 2 bridgehead atoms. The van der Waals surface area contributed by atoms with Crippen LogP contribution in [-0.2, 0) is 4.74 Å². The van der Waals surface area contributed by atoms with E-state index in [0.717, 1.165) is 25.2 Å². The predicted octanol–water partition coefficient (Wildman–Crippen LogP) is 1.24. The molecule has 0 aromatic rings. The highest BCUT2D eigenvalue weighted by atomic mass is 16.5. The third kappa shape index (κ3) is 2.41. The third-order valence-corrected chi connectivity index (χ3v) is 4.56. The van der Waals surface area contributed by atoms with E-state index >= 15 is 0 Å². The molecule has 16 heavy (non-hydrogen) atoms. The van der Waals surface area contributed by atoms with Crippen molar-refractivity contribution in [3.05, 3.63) is 0 Å². The first-order chi connectivity index (χ1) is 7.92. The summed E-state index contributed by atoms with van der Waals surface area (Å²) in [5.74, 6) is 0.953. The van der Waals surface area contributed by atoms with E-state index < -0.39 is 0 Å². The molecule has 4 saturated heterocycles. The van der Waals surface area contributed by atoms with E-state index in [4.69, 9.17) is 4.74 Å². The van der Waals surface area contributed by atoms with E-state index in [0.29, 0.717) is 6.04 Å². The zero-order valence-electron chi connectivity index (χ0n) is 10.2. The molecule has 4 heterocycles. The fourth-order valence-corrected chi connectivity index (χ4v) is 3.53. The predicted molar refractivity (Wildman–Crippen MR) is 64.5 cm³/mol. The topological polar surface area (TPSA) is 24.5 Å². The lowest BCUT2D eigenvalue weighted by molar-refractivity contribution is 0.0650. The first-order valence-electron chi connectivity index (χ1n) is 6.98. The smallest absolute Gasteiger partial charge is 0.0480 e. The Labute approximate surface area is 98.5 Å². The zero-order chi connectivity index (χ0) is 10.8. The summed E-state index contributed by atoms with van der Waals surface area (Å²) in [6.45, 7) is 5.91. The van der Waals surface area contributed by atoms with Gasteiger partial charge in [0.2, 0.25) is 0 Å². The summed E-state index contributed by atoms with van der Waals surface area (Å²) < 4.78 is 5.53. The Balaban J connectivity index is 1.53. The highest BCUT2D eigenvalue weighted by Gasteiger charge is 2.34. The lowest BCUT2D eigenvalue weighted by Crippen LogP contribution is -2.58. The monoisotopic (exact) mass is 224 g/mol. The van der Waals surface area contributed by atoms with Gasteiger partial charge in [-0.25, -0.2) is 0 Å². The molecule has 4 aliphatic rings. The van der Waals surface area contributed by atoms with Crippen LogP contribution in [0.3, 0.4) is 0 Å². The quantitative estimate of drug-likeness (QED) is 0.764. The molecular formula is C13H24N2O. The van der Waals surface area contributed by atoms with Crippen LogP contribution in [0, 0.1) is 5.92 Å². The molecule has 1 N–H and O–H groups in total. The van der Waals surface area contributed by atoms with Crippen LogP contribution in [-0.4, -0.2) is 49.8 Å². The molecule has 4 rings (SSSR count). The van der Waals surface area contributed by atoms with Gasteiger partial charge in [0.05, 0.1) is 0 Å². The Morgan fingerprint density at radius 3 is 2.62 bits per heavy atom. The SMILES string of the molecule is C1COCCC(NC2CN3CCC2CC3)C1. The van der Waals surface area contributed by atoms with E-state index in [1.807, 2.05) is 0 Å². The van der Waals surface area contributed by atoms with Gasteiger partial charge in [0.15, 0.2) is 0 Å². The van der Waals surface area contributed by atoms with Gasteiger partial charge in [-0.2, -0.15) is 0 Å². The van der Waals surface area contributed by atoms with Crippen LogP contribution in [0.5, 0.6) is 0 Å². The summed E-state index contributed by atoms with van der Waals surface area (Å²) in [6, 6.07) is 1.48. The number of nitrogens with one attached hydrogen (secondary N) is 1. The maximum atomic E-state index is 5.53. The van der Waals surface area contributed by atoms with Gasteiger partial charge in [-0.15, -0.1) is 0 Å². The van der Waals surface area contributed by atoms with Crippen molar-refractivity contribution in [1.29, 1.82) is 0 Å². The van der Waals surface area contributed by atoms with E-state index in [2.05, 4.69) is 10.2 Å². The molecule has 2 atom stereocenters. The van der Waals surface area contributed by atoms with Gasteiger partial charge >= 0.3 is 0 Å². The molecule has 2 unspecified atom stereocenters. The number of hydrogen-bond acceptors (Lipinski definition) is 3. The number of ether oxygens (including phenoxy) is 1. The maximum Gasteiger partial charge on any atom is 0.0480 e. The van der Waals surface area contributed by atoms with Gasteiger partial charge in [-0.1, -0.05) is 0 Å². The van der Waals surface area contributed by atoms with Crippen molar-refractivity contribution < 1.29 is 4.74 Å². The summed E-state index contributed by atoms with van der Waals surface area (Å²) in [4.78, 5) is 2.63. The van der Waals surface area contributed by atoms with Crippen LogP contribution >= 0.6 is 0 Å². The molecule has 3 heteroatoms. The second-order valence-electron chi connectivity index (χ2n) is 5.65. The minimum absolute atomic E-state index is 0.716. The zero-order valence-corrected chi connectivity index (χ0v) is 10.2. The molecule has 0 spiro atoms. The van der Waals surface area contributed by atoms with Crippen LogP contribution in [0.2, 0.25) is 0 Å². The van der Waals surface area contributed by atoms with Gasteiger partial charge in [0.25, 0.3) is 0 Å². The lowest BCUT2D eigenvalue weighted by Gasteiger charge is -2.46. The average Bonchev–Trinajstić information content (AvgIpc) is 2.59. The van der Waals surface area contributed by atoms with E-state index in [9.17, 15) is 0 Å². The molecule has 0 aliphatic carbocycles. The van der Waals surface area contributed by atoms with Crippen LogP contribution in [0.25, 0.3) is 0 Å².